The Bertz CT molecular complexity index is 461. The van der Waals surface area contributed by atoms with Crippen molar-refractivity contribution in [1.29, 1.82) is 5.26 Å². The molecule has 3 atom stereocenters. The van der Waals surface area contributed by atoms with Gasteiger partial charge in [-0.05, 0) is 49.3 Å². The van der Waals surface area contributed by atoms with Gasteiger partial charge in [-0.15, -0.1) is 0 Å². The van der Waals surface area contributed by atoms with Gasteiger partial charge in [0.1, 0.15) is 0 Å². The van der Waals surface area contributed by atoms with Crippen molar-refractivity contribution >= 4 is 11.4 Å². The Morgan fingerprint density at radius 3 is 2.72 bits per heavy atom. The van der Waals surface area contributed by atoms with Gasteiger partial charge < -0.3 is 11.1 Å². The average molecular weight is 243 g/mol. The number of rotatable bonds is 2. The minimum atomic E-state index is 0.497. The van der Waals surface area contributed by atoms with Crippen molar-refractivity contribution in [3.05, 3.63) is 23.8 Å². The van der Waals surface area contributed by atoms with Crippen LogP contribution in [-0.2, 0) is 0 Å². The molecule has 0 heterocycles. The lowest BCUT2D eigenvalue weighted by Crippen LogP contribution is -2.33. The van der Waals surface area contributed by atoms with Crippen LogP contribution in [0.3, 0.4) is 0 Å². The molecule has 0 aliphatic heterocycles. The van der Waals surface area contributed by atoms with E-state index in [4.69, 9.17) is 11.0 Å². The molecule has 0 saturated heterocycles. The van der Waals surface area contributed by atoms with Gasteiger partial charge >= 0.3 is 0 Å². The lowest BCUT2D eigenvalue weighted by atomic mass is 9.80. The SMILES string of the molecule is CC1CCC(Nc2ccc(C#N)cc2N)C(C)C1. The first kappa shape index (κ1) is 12.8. The summed E-state index contributed by atoms with van der Waals surface area (Å²) in [6, 6.07) is 8.07. The van der Waals surface area contributed by atoms with Crippen LogP contribution in [0.1, 0.15) is 38.7 Å². The number of benzene rings is 1. The average Bonchev–Trinajstić information content (AvgIpc) is 2.34. The second-order valence-electron chi connectivity index (χ2n) is 5.56. The summed E-state index contributed by atoms with van der Waals surface area (Å²) < 4.78 is 0. The highest BCUT2D eigenvalue weighted by atomic mass is 14.9. The maximum Gasteiger partial charge on any atom is 0.0992 e. The number of nitrogens with one attached hydrogen (secondary N) is 1. The summed E-state index contributed by atoms with van der Waals surface area (Å²) in [5.74, 6) is 1.50. The summed E-state index contributed by atoms with van der Waals surface area (Å²) in [6.07, 6.45) is 3.74. The predicted octanol–water partition coefficient (Wildman–Crippen LogP) is 3.38. The zero-order valence-corrected chi connectivity index (χ0v) is 11.1. The summed E-state index contributed by atoms with van der Waals surface area (Å²) in [7, 11) is 0. The van der Waals surface area contributed by atoms with Gasteiger partial charge in [0.2, 0.25) is 0 Å². The third kappa shape index (κ3) is 2.76. The summed E-state index contributed by atoms with van der Waals surface area (Å²) in [5.41, 5.74) is 8.21. The van der Waals surface area contributed by atoms with Gasteiger partial charge in [-0.1, -0.05) is 13.8 Å². The van der Waals surface area contributed by atoms with Gasteiger partial charge in [-0.25, -0.2) is 0 Å². The molecule has 1 aliphatic rings. The van der Waals surface area contributed by atoms with E-state index in [2.05, 4.69) is 25.2 Å². The molecule has 3 N–H and O–H groups in total. The highest BCUT2D eigenvalue weighted by molar-refractivity contribution is 5.68. The topological polar surface area (TPSA) is 61.8 Å². The highest BCUT2D eigenvalue weighted by Crippen LogP contribution is 2.32. The molecule has 3 unspecified atom stereocenters. The van der Waals surface area contributed by atoms with Crippen LogP contribution in [0.4, 0.5) is 11.4 Å². The molecule has 3 nitrogen and oxygen atoms in total. The molecule has 18 heavy (non-hydrogen) atoms. The van der Waals surface area contributed by atoms with Crippen LogP contribution in [0.15, 0.2) is 18.2 Å². The first-order chi connectivity index (χ1) is 8.60. The van der Waals surface area contributed by atoms with Crippen LogP contribution in [0.2, 0.25) is 0 Å². The zero-order valence-electron chi connectivity index (χ0n) is 11.1. The van der Waals surface area contributed by atoms with E-state index >= 15 is 0 Å². The van der Waals surface area contributed by atoms with Crippen molar-refractivity contribution in [3.8, 4) is 6.07 Å². The van der Waals surface area contributed by atoms with Gasteiger partial charge in [0, 0.05) is 6.04 Å². The zero-order chi connectivity index (χ0) is 13.1. The minimum absolute atomic E-state index is 0.497. The molecule has 2 rings (SSSR count). The van der Waals surface area contributed by atoms with Gasteiger partial charge in [0.25, 0.3) is 0 Å². The van der Waals surface area contributed by atoms with Crippen molar-refractivity contribution in [3.63, 3.8) is 0 Å². The third-order valence-corrected chi connectivity index (χ3v) is 3.95. The Labute approximate surface area is 109 Å². The molecule has 1 fully saturated rings. The van der Waals surface area contributed by atoms with Crippen LogP contribution in [-0.4, -0.2) is 6.04 Å². The van der Waals surface area contributed by atoms with Gasteiger partial charge in [-0.3, -0.25) is 0 Å². The molecule has 1 aromatic rings. The highest BCUT2D eigenvalue weighted by Gasteiger charge is 2.25. The van der Waals surface area contributed by atoms with Crippen LogP contribution in [0, 0.1) is 23.2 Å². The molecule has 0 amide bonds. The molecule has 0 spiro atoms. The number of nitrogens with zero attached hydrogens (tertiary/aromatic N) is 1. The number of anilines is 2. The standard InChI is InChI=1S/C15H21N3/c1-10-3-5-14(11(2)7-10)18-15-6-4-12(9-16)8-13(15)17/h4,6,8,10-11,14,18H,3,5,7,17H2,1-2H3. The molecule has 1 aromatic carbocycles. The largest absolute Gasteiger partial charge is 0.397 e. The fourth-order valence-electron chi connectivity index (χ4n) is 2.84. The smallest absolute Gasteiger partial charge is 0.0992 e. The van der Waals surface area contributed by atoms with E-state index in [9.17, 15) is 0 Å². The van der Waals surface area contributed by atoms with Crippen LogP contribution >= 0.6 is 0 Å². The lowest BCUT2D eigenvalue weighted by molar-refractivity contribution is 0.276. The number of nitrogen functional groups attached to an aromatic ring is 1. The minimum Gasteiger partial charge on any atom is -0.397 e. The quantitative estimate of drug-likeness (QED) is 0.783. The van der Waals surface area contributed by atoms with Crippen molar-refractivity contribution in [2.24, 2.45) is 11.8 Å². The van der Waals surface area contributed by atoms with Crippen molar-refractivity contribution < 1.29 is 0 Å². The van der Waals surface area contributed by atoms with Crippen molar-refractivity contribution in [2.45, 2.75) is 39.2 Å². The van der Waals surface area contributed by atoms with Gasteiger partial charge in [0.05, 0.1) is 23.0 Å². The molecule has 0 aromatic heterocycles. The monoisotopic (exact) mass is 243 g/mol. The van der Waals surface area contributed by atoms with Crippen LogP contribution in [0.25, 0.3) is 0 Å². The van der Waals surface area contributed by atoms with E-state index in [1.807, 2.05) is 12.1 Å². The Morgan fingerprint density at radius 1 is 1.33 bits per heavy atom. The first-order valence-electron chi connectivity index (χ1n) is 6.66. The number of nitrogens with two attached hydrogens (primary N) is 1. The van der Waals surface area contributed by atoms with Gasteiger partial charge in [-0.2, -0.15) is 5.26 Å². The maximum absolute atomic E-state index is 8.82. The second-order valence-corrected chi connectivity index (χ2v) is 5.56. The molecular weight excluding hydrogens is 222 g/mol. The Kier molecular flexibility index (Phi) is 3.76. The van der Waals surface area contributed by atoms with Crippen LogP contribution in [0.5, 0.6) is 0 Å². The second kappa shape index (κ2) is 5.30. The molecule has 1 aliphatic carbocycles. The van der Waals surface area contributed by atoms with E-state index < -0.39 is 0 Å². The Balaban J connectivity index is 2.08. The lowest BCUT2D eigenvalue weighted by Gasteiger charge is -2.34. The Hall–Kier alpha value is -1.69. The fraction of sp³-hybridized carbons (Fsp3) is 0.533. The summed E-state index contributed by atoms with van der Waals surface area (Å²) in [5, 5.41) is 12.4. The van der Waals surface area contributed by atoms with Crippen molar-refractivity contribution in [2.75, 3.05) is 11.1 Å². The van der Waals surface area contributed by atoms with E-state index in [1.54, 1.807) is 6.07 Å². The maximum atomic E-state index is 8.82. The van der Waals surface area contributed by atoms with E-state index in [0.29, 0.717) is 23.2 Å². The van der Waals surface area contributed by atoms with E-state index in [1.165, 1.54) is 19.3 Å². The predicted molar refractivity (Wildman–Crippen MR) is 75.2 cm³/mol. The first-order valence-corrected chi connectivity index (χ1v) is 6.66. The number of hydrogen-bond donors (Lipinski definition) is 2. The molecule has 3 heteroatoms. The molecule has 1 saturated carbocycles. The molecule has 0 radical (unpaired) electrons. The molecule has 0 bridgehead atoms. The van der Waals surface area contributed by atoms with Gasteiger partial charge in [0.15, 0.2) is 0 Å². The summed E-state index contributed by atoms with van der Waals surface area (Å²) >= 11 is 0. The number of nitriles is 1. The summed E-state index contributed by atoms with van der Waals surface area (Å²) in [4.78, 5) is 0. The van der Waals surface area contributed by atoms with Crippen LogP contribution < -0.4 is 11.1 Å². The molecular formula is C15H21N3. The van der Waals surface area contributed by atoms with E-state index in [0.717, 1.165) is 11.6 Å². The summed E-state index contributed by atoms with van der Waals surface area (Å²) in [6.45, 7) is 4.62. The van der Waals surface area contributed by atoms with E-state index in [-0.39, 0.29) is 0 Å². The van der Waals surface area contributed by atoms with Crippen molar-refractivity contribution in [1.82, 2.24) is 0 Å². The Morgan fingerprint density at radius 2 is 2.11 bits per heavy atom. The normalized spacial score (nSPS) is 27.5. The molecule has 96 valence electrons. The third-order valence-electron chi connectivity index (χ3n) is 3.95. The fourth-order valence-corrected chi connectivity index (χ4v) is 2.84. The number of hydrogen-bond acceptors (Lipinski definition) is 3.